The molecule has 2 N–H and O–H groups in total. The Balaban J connectivity index is 0. The summed E-state index contributed by atoms with van der Waals surface area (Å²) in [6.45, 7) is 2.84. The van der Waals surface area contributed by atoms with Gasteiger partial charge in [0.05, 0.1) is 0 Å². The van der Waals surface area contributed by atoms with Crippen molar-refractivity contribution in [2.45, 2.75) is 25.8 Å². The van der Waals surface area contributed by atoms with Gasteiger partial charge in [0, 0.05) is 19.8 Å². The number of rotatable bonds is 4. The van der Waals surface area contributed by atoms with E-state index in [1.54, 1.807) is 7.11 Å². The molecule has 0 saturated heterocycles. The number of halogens is 1. The van der Waals surface area contributed by atoms with Crippen LogP contribution in [-0.2, 0) is 4.74 Å². The second-order valence-electron chi connectivity index (χ2n) is 2.11. The van der Waals surface area contributed by atoms with Gasteiger partial charge in [-0.15, -0.1) is 12.4 Å². The molecule has 0 aliphatic rings. The lowest BCUT2D eigenvalue weighted by Crippen LogP contribution is -2.14. The Kier molecular flexibility index (Phi) is 10.9. The van der Waals surface area contributed by atoms with Crippen molar-refractivity contribution in [3.8, 4) is 0 Å². The molecule has 0 aliphatic carbocycles. The Morgan fingerprint density at radius 2 is 2.11 bits per heavy atom. The fourth-order valence-corrected chi connectivity index (χ4v) is 0.550. The summed E-state index contributed by atoms with van der Waals surface area (Å²) in [6.07, 6.45) is 2.14. The third-order valence-electron chi connectivity index (χ3n) is 1.01. The highest BCUT2D eigenvalue weighted by Gasteiger charge is 1.90. The second kappa shape index (κ2) is 8.21. The van der Waals surface area contributed by atoms with Crippen LogP contribution in [0.5, 0.6) is 0 Å². The summed E-state index contributed by atoms with van der Waals surface area (Å²) >= 11 is 0. The van der Waals surface area contributed by atoms with Gasteiger partial charge in [0.15, 0.2) is 0 Å². The molecule has 0 spiro atoms. The minimum absolute atomic E-state index is 0. The molecule has 58 valence electrons. The Morgan fingerprint density at radius 1 is 1.56 bits per heavy atom. The van der Waals surface area contributed by atoms with Gasteiger partial charge >= 0.3 is 0 Å². The van der Waals surface area contributed by atoms with E-state index in [0.717, 1.165) is 19.4 Å². The molecule has 0 aromatic carbocycles. The van der Waals surface area contributed by atoms with Gasteiger partial charge in [0.1, 0.15) is 0 Å². The zero-order valence-corrected chi connectivity index (χ0v) is 6.91. The van der Waals surface area contributed by atoms with Crippen molar-refractivity contribution >= 4 is 12.4 Å². The van der Waals surface area contributed by atoms with Crippen LogP contribution in [0.15, 0.2) is 0 Å². The van der Waals surface area contributed by atoms with E-state index >= 15 is 0 Å². The van der Waals surface area contributed by atoms with E-state index in [2.05, 4.69) is 0 Å². The molecule has 0 aromatic rings. The Hall–Kier alpha value is 0.210. The number of ether oxygens (including phenoxy) is 1. The van der Waals surface area contributed by atoms with Gasteiger partial charge in [-0.1, -0.05) is 0 Å². The van der Waals surface area contributed by atoms with E-state index in [1.165, 1.54) is 0 Å². The van der Waals surface area contributed by atoms with E-state index in [-0.39, 0.29) is 12.4 Å². The van der Waals surface area contributed by atoms with Crippen molar-refractivity contribution in [2.24, 2.45) is 5.73 Å². The van der Waals surface area contributed by atoms with Crippen LogP contribution in [0.4, 0.5) is 0 Å². The highest BCUT2D eigenvalue weighted by Crippen LogP contribution is 1.91. The summed E-state index contributed by atoms with van der Waals surface area (Å²) in [4.78, 5) is 0. The SMILES string of the molecule is COCCCC(C)N.Cl. The Morgan fingerprint density at radius 3 is 2.44 bits per heavy atom. The molecule has 1 unspecified atom stereocenters. The van der Waals surface area contributed by atoms with Crippen LogP contribution in [-0.4, -0.2) is 19.8 Å². The van der Waals surface area contributed by atoms with E-state index < -0.39 is 0 Å². The predicted octanol–water partition coefficient (Wildman–Crippen LogP) is 1.18. The highest BCUT2D eigenvalue weighted by atomic mass is 35.5. The van der Waals surface area contributed by atoms with Gasteiger partial charge in [0.25, 0.3) is 0 Å². The van der Waals surface area contributed by atoms with Crippen LogP contribution < -0.4 is 5.73 Å². The van der Waals surface area contributed by atoms with E-state index in [9.17, 15) is 0 Å². The van der Waals surface area contributed by atoms with Crippen LogP contribution in [0.3, 0.4) is 0 Å². The standard InChI is InChI=1S/C6H15NO.ClH/c1-6(7)4-3-5-8-2;/h6H,3-5,7H2,1-2H3;1H. The van der Waals surface area contributed by atoms with Crippen molar-refractivity contribution < 1.29 is 4.74 Å². The molecule has 0 rings (SSSR count). The average Bonchev–Trinajstić information content (AvgIpc) is 1.66. The van der Waals surface area contributed by atoms with Crippen molar-refractivity contribution in [1.29, 1.82) is 0 Å². The molecule has 0 saturated carbocycles. The first-order chi connectivity index (χ1) is 3.77. The van der Waals surface area contributed by atoms with Crippen LogP contribution in [0.2, 0.25) is 0 Å². The Bertz CT molecular complexity index is 50.3. The fourth-order valence-electron chi connectivity index (χ4n) is 0.550. The molecule has 0 aliphatic heterocycles. The zero-order chi connectivity index (χ0) is 6.41. The molecule has 9 heavy (non-hydrogen) atoms. The third-order valence-corrected chi connectivity index (χ3v) is 1.01. The minimum atomic E-state index is 0. The van der Waals surface area contributed by atoms with Gasteiger partial charge < -0.3 is 10.5 Å². The van der Waals surface area contributed by atoms with Crippen LogP contribution in [0.1, 0.15) is 19.8 Å². The van der Waals surface area contributed by atoms with Gasteiger partial charge in [-0.3, -0.25) is 0 Å². The van der Waals surface area contributed by atoms with E-state index in [4.69, 9.17) is 10.5 Å². The molecule has 0 radical (unpaired) electrons. The first kappa shape index (κ1) is 11.9. The van der Waals surface area contributed by atoms with Crippen molar-refractivity contribution in [2.75, 3.05) is 13.7 Å². The summed E-state index contributed by atoms with van der Waals surface area (Å²) in [5, 5.41) is 0. The molecule has 0 bridgehead atoms. The average molecular weight is 154 g/mol. The summed E-state index contributed by atoms with van der Waals surface area (Å²) in [7, 11) is 1.71. The summed E-state index contributed by atoms with van der Waals surface area (Å²) in [5.74, 6) is 0. The molecular weight excluding hydrogens is 138 g/mol. The van der Waals surface area contributed by atoms with Crippen molar-refractivity contribution in [3.63, 3.8) is 0 Å². The summed E-state index contributed by atoms with van der Waals surface area (Å²) in [5.41, 5.74) is 5.48. The maximum Gasteiger partial charge on any atom is 0.0462 e. The van der Waals surface area contributed by atoms with Gasteiger partial charge in [-0.2, -0.15) is 0 Å². The minimum Gasteiger partial charge on any atom is -0.385 e. The van der Waals surface area contributed by atoms with Crippen molar-refractivity contribution in [1.82, 2.24) is 0 Å². The van der Waals surface area contributed by atoms with Gasteiger partial charge in [0.2, 0.25) is 0 Å². The zero-order valence-electron chi connectivity index (χ0n) is 6.09. The first-order valence-corrected chi connectivity index (χ1v) is 3.02. The predicted molar refractivity (Wildman–Crippen MR) is 42.0 cm³/mol. The number of hydrogen-bond acceptors (Lipinski definition) is 2. The molecule has 0 fully saturated rings. The Labute approximate surface area is 63.2 Å². The second-order valence-corrected chi connectivity index (χ2v) is 2.11. The molecule has 0 heterocycles. The van der Waals surface area contributed by atoms with Crippen LogP contribution >= 0.6 is 12.4 Å². The van der Waals surface area contributed by atoms with Gasteiger partial charge in [-0.25, -0.2) is 0 Å². The van der Waals surface area contributed by atoms with Crippen LogP contribution in [0, 0.1) is 0 Å². The number of nitrogens with two attached hydrogens (primary N) is 1. The molecule has 1 atom stereocenters. The maximum absolute atomic E-state index is 5.48. The number of hydrogen-bond donors (Lipinski definition) is 1. The molecular formula is C6H16ClNO. The lowest BCUT2D eigenvalue weighted by Gasteiger charge is -2.01. The molecule has 0 amide bonds. The summed E-state index contributed by atoms with van der Waals surface area (Å²) in [6, 6.07) is 0.324. The van der Waals surface area contributed by atoms with Crippen LogP contribution in [0.25, 0.3) is 0 Å². The summed E-state index contributed by atoms with van der Waals surface area (Å²) < 4.78 is 4.84. The normalized spacial score (nSPS) is 12.3. The fraction of sp³-hybridized carbons (Fsp3) is 1.00. The smallest absolute Gasteiger partial charge is 0.0462 e. The van der Waals surface area contributed by atoms with E-state index in [0.29, 0.717) is 6.04 Å². The third kappa shape index (κ3) is 11.7. The van der Waals surface area contributed by atoms with Crippen molar-refractivity contribution in [3.05, 3.63) is 0 Å². The van der Waals surface area contributed by atoms with E-state index in [1.807, 2.05) is 6.92 Å². The lowest BCUT2D eigenvalue weighted by molar-refractivity contribution is 0.191. The monoisotopic (exact) mass is 153 g/mol. The highest BCUT2D eigenvalue weighted by molar-refractivity contribution is 5.85. The molecule has 2 nitrogen and oxygen atoms in total. The molecule has 3 heteroatoms. The number of methoxy groups -OCH3 is 1. The maximum atomic E-state index is 5.48. The first-order valence-electron chi connectivity index (χ1n) is 3.02. The largest absolute Gasteiger partial charge is 0.385 e. The van der Waals surface area contributed by atoms with Gasteiger partial charge in [-0.05, 0) is 19.8 Å². The topological polar surface area (TPSA) is 35.2 Å². The lowest BCUT2D eigenvalue weighted by atomic mass is 10.2. The molecule has 0 aromatic heterocycles. The quantitative estimate of drug-likeness (QED) is 0.616.